The Morgan fingerprint density at radius 1 is 0.193 bits per heavy atom. The van der Waals surface area contributed by atoms with Crippen molar-refractivity contribution in [3.8, 4) is 0 Å². The zero-order valence-corrected chi connectivity index (χ0v) is 101. The smallest absolute Gasteiger partial charge is 0.167 e. The highest BCUT2D eigenvalue weighted by atomic mass is 28.3. The first-order valence-electron chi connectivity index (χ1n) is 53.5. The maximum atomic E-state index is 12.3. The monoisotopic (exact) mass is 2040 g/mol. The van der Waals surface area contributed by atoms with Gasteiger partial charge in [-0.3, -0.25) is 14.4 Å². The number of rotatable bonds is 19. The van der Waals surface area contributed by atoms with Crippen LogP contribution in [0.2, 0.25) is 39.3 Å². The van der Waals surface area contributed by atoms with Crippen LogP contribution in [-0.4, -0.2) is 51.8 Å². The Kier molecular flexibility index (Phi) is 43.2. The molecule has 0 amide bonds. The Labute approximate surface area is 907 Å². The third kappa shape index (κ3) is 33.3. The van der Waals surface area contributed by atoms with Crippen LogP contribution in [0.3, 0.4) is 0 Å². The fraction of sp³-hybridized carbons (Fsp3) is 0.303. The standard InChI is InChI=1S/3C18H20O.3C18H24Si.2C17H20O/c1-12-5-7-16(9-14(12)3)11-18(19)17-8-6-13(2)15(4)10-17;1-12-5-7-16(15(4)9-12)11-18(19)17-8-6-13(2)14(3)10-17;1-12-7-13(2)9-16(8-12)11-18(19)17-6-5-14(3)15(4)10-17;2*1-13-7-9-17(11-15(13)3)19(5,6)18-10-8-14(2)16(4)12-18;1-13-9-14(2)11-18(10-13)19(5,6)17-8-7-15(3)16(4)12-17;1-11-5-6-13(3)16(9-11)17(18)15-8-7-12(2)14(4)10-15;1-11-8-9-15(10-13(11)3)17(18)16-7-5-6-12(2)14(16)4/h3*5-10H,11H2,1-4H3;3*7-12H,1-6H3;2*5-10,17-18H,1-4H3. The average Bonchev–Trinajstić information content (AvgIpc) is 0.793. The van der Waals surface area contributed by atoms with Gasteiger partial charge < -0.3 is 10.2 Å². The number of hydrogen-bond acceptors (Lipinski definition) is 5. The average molecular weight is 2040 g/mol. The molecule has 16 rings (SSSR count). The molecule has 2 unspecified atom stereocenters. The Morgan fingerprint density at radius 2 is 0.467 bits per heavy atom. The van der Waals surface area contributed by atoms with Gasteiger partial charge in [-0.1, -0.05) is 377 Å². The number of hydrogen-bond donors (Lipinski definition) is 2. The zero-order chi connectivity index (χ0) is 111. The molecule has 0 saturated heterocycles. The van der Waals surface area contributed by atoms with Gasteiger partial charge in [0.15, 0.2) is 17.3 Å². The molecule has 0 aromatic heterocycles. The summed E-state index contributed by atoms with van der Waals surface area (Å²) in [6.07, 6.45) is 0.358. The summed E-state index contributed by atoms with van der Waals surface area (Å²) < 4.78 is 0. The fourth-order valence-electron chi connectivity index (χ4n) is 18.6. The molecule has 782 valence electrons. The summed E-state index contributed by atoms with van der Waals surface area (Å²) in [6, 6.07) is 103. The van der Waals surface area contributed by atoms with Gasteiger partial charge >= 0.3 is 0 Å². The number of aliphatic hydroxyl groups excluding tert-OH is 2. The van der Waals surface area contributed by atoms with Crippen LogP contribution in [0.15, 0.2) is 291 Å². The van der Waals surface area contributed by atoms with Gasteiger partial charge in [-0.25, -0.2) is 0 Å². The van der Waals surface area contributed by atoms with Crippen molar-refractivity contribution in [1.82, 2.24) is 0 Å². The summed E-state index contributed by atoms with van der Waals surface area (Å²) in [7, 11) is -4.70. The van der Waals surface area contributed by atoms with Gasteiger partial charge in [0.05, 0.1) is 0 Å². The van der Waals surface area contributed by atoms with E-state index in [1.165, 1.54) is 204 Å². The summed E-state index contributed by atoms with van der Waals surface area (Å²) in [5.74, 6) is 0.564. The predicted octanol–water partition coefficient (Wildman–Crippen LogP) is 32.3. The highest BCUT2D eigenvalue weighted by molar-refractivity contribution is 7.01. The quantitative estimate of drug-likeness (QED) is 0.0622. The van der Waals surface area contributed by atoms with Crippen molar-refractivity contribution in [2.75, 3.05) is 0 Å². The van der Waals surface area contributed by atoms with E-state index in [9.17, 15) is 24.6 Å². The van der Waals surface area contributed by atoms with E-state index in [-0.39, 0.29) is 17.3 Å². The molecule has 0 aliphatic rings. The summed E-state index contributed by atoms with van der Waals surface area (Å²) in [5, 5.41) is 30.2. The van der Waals surface area contributed by atoms with Crippen molar-refractivity contribution < 1.29 is 24.6 Å². The lowest BCUT2D eigenvalue weighted by Gasteiger charge is -2.25. The minimum Gasteiger partial charge on any atom is -0.384 e. The first-order valence-corrected chi connectivity index (χ1v) is 62.5. The largest absolute Gasteiger partial charge is 0.384 e. The van der Waals surface area contributed by atoms with Crippen LogP contribution < -0.4 is 31.1 Å². The second-order valence-electron chi connectivity index (χ2n) is 44.9. The molecule has 0 fully saturated rings. The number of aliphatic hydroxyl groups is 2. The number of ketones is 3. The lowest BCUT2D eigenvalue weighted by molar-refractivity contribution is 0.0984. The third-order valence-electron chi connectivity index (χ3n) is 31.4. The van der Waals surface area contributed by atoms with Gasteiger partial charge in [-0.2, -0.15) is 0 Å². The van der Waals surface area contributed by atoms with E-state index in [4.69, 9.17) is 0 Å². The topological polar surface area (TPSA) is 91.7 Å². The van der Waals surface area contributed by atoms with Gasteiger partial charge in [0.25, 0.3) is 0 Å². The van der Waals surface area contributed by atoms with Crippen LogP contribution in [0.5, 0.6) is 0 Å². The summed E-state index contributed by atoms with van der Waals surface area (Å²) in [6.45, 7) is 82.4. The maximum absolute atomic E-state index is 12.3. The van der Waals surface area contributed by atoms with Crippen molar-refractivity contribution in [3.05, 3.63) is 525 Å². The zero-order valence-electron chi connectivity index (χ0n) is 98.1. The summed E-state index contributed by atoms with van der Waals surface area (Å²) in [4.78, 5) is 36.9. The van der Waals surface area contributed by atoms with Crippen molar-refractivity contribution in [3.63, 3.8) is 0 Å². The lowest BCUT2D eigenvalue weighted by Crippen LogP contribution is -2.53. The van der Waals surface area contributed by atoms with Crippen LogP contribution in [0, 0.1) is 222 Å². The second kappa shape index (κ2) is 53.7. The molecule has 150 heavy (non-hydrogen) atoms. The number of Topliss-reactive ketones (excluding diaryl/α,β-unsaturated/α-hetero) is 3. The molecule has 5 nitrogen and oxygen atoms in total. The van der Waals surface area contributed by atoms with Gasteiger partial charge in [0.2, 0.25) is 0 Å². The fourth-order valence-corrected chi connectivity index (χ4v) is 26.1. The Balaban J connectivity index is 0.000000190. The van der Waals surface area contributed by atoms with Crippen LogP contribution >= 0.6 is 0 Å². The van der Waals surface area contributed by atoms with E-state index < -0.39 is 36.4 Å². The summed E-state index contributed by atoms with van der Waals surface area (Å²) in [5.41, 5.74) is 50.5. The highest BCUT2D eigenvalue weighted by Crippen LogP contribution is 2.31. The molecule has 0 saturated carbocycles. The van der Waals surface area contributed by atoms with E-state index in [0.29, 0.717) is 19.3 Å². The molecule has 2 N–H and O–H groups in total. The third-order valence-corrected chi connectivity index (χ3v) is 41.9. The highest BCUT2D eigenvalue weighted by Gasteiger charge is 2.30. The van der Waals surface area contributed by atoms with E-state index >= 15 is 0 Å². The maximum Gasteiger partial charge on any atom is 0.167 e. The Hall–Kier alpha value is -12.9. The van der Waals surface area contributed by atoms with Gasteiger partial charge in [-0.15, -0.1) is 0 Å². The number of carbonyl (C=O) groups excluding carboxylic acids is 3. The van der Waals surface area contributed by atoms with Crippen LogP contribution in [0.1, 0.15) is 260 Å². The molecule has 0 aliphatic carbocycles. The van der Waals surface area contributed by atoms with Crippen molar-refractivity contribution in [2.24, 2.45) is 0 Å². The number of benzene rings is 16. The van der Waals surface area contributed by atoms with Crippen molar-refractivity contribution in [2.45, 2.75) is 292 Å². The molecule has 16 aromatic carbocycles. The molecule has 0 heterocycles. The predicted molar refractivity (Wildman–Crippen MR) is 657 cm³/mol. The molecule has 0 spiro atoms. The van der Waals surface area contributed by atoms with Crippen LogP contribution in [0.4, 0.5) is 0 Å². The van der Waals surface area contributed by atoms with E-state index in [2.05, 4.69) is 439 Å². The number of carbonyl (C=O) groups is 3. The Morgan fingerprint density at radius 3 is 0.800 bits per heavy atom. The second-order valence-corrected chi connectivity index (χ2v) is 58.1. The lowest BCUT2D eigenvalue weighted by atomic mass is 9.93. The molecule has 2 atom stereocenters. The molecule has 8 heteroatoms. The number of aryl methyl sites for hydroxylation is 31. The Bertz CT molecular complexity index is 7180. The molecule has 0 radical (unpaired) electrons. The normalized spacial score (nSPS) is 11.4. The molecular formula is C142H172O5Si3. The van der Waals surface area contributed by atoms with Crippen LogP contribution in [0.25, 0.3) is 0 Å². The molecule has 0 bridgehead atoms. The first-order chi connectivity index (χ1) is 70.3. The molecular weight excluding hydrogens is 1870 g/mol. The van der Waals surface area contributed by atoms with E-state index in [1.807, 2.05) is 113 Å². The van der Waals surface area contributed by atoms with Crippen molar-refractivity contribution >= 4 is 72.7 Å². The molecule has 16 aromatic rings. The van der Waals surface area contributed by atoms with Gasteiger partial charge in [0.1, 0.15) is 36.4 Å². The SMILES string of the molecule is Cc1cc(C)cc(CC(=O)c2ccc(C)c(C)c2)c1.Cc1cc(C)cc([Si](C)(C)c2ccc(C)c(C)c2)c1.Cc1ccc(C(O)c2cccc(C)c2C)cc1C.Cc1ccc(C)c(C(O)c2ccc(C)c(C)c2)c1.Cc1ccc(CC(=O)c2ccc(C)c(C)c2)c(C)c1.Cc1ccc(CC(=O)c2ccc(C)c(C)c2)cc1C.Cc1ccc([Si](C)(C)c2ccc(C)c(C)c2)cc1C.Cc1ccc([Si](C)(C)c2ccc(C)c(C)c2)cc1C. The van der Waals surface area contributed by atoms with Crippen molar-refractivity contribution in [1.29, 1.82) is 0 Å². The first kappa shape index (κ1) is 121. The minimum atomic E-state index is -1.57. The van der Waals surface area contributed by atoms with E-state index in [0.717, 1.165) is 61.2 Å². The minimum absolute atomic E-state index is 0.186. The van der Waals surface area contributed by atoms with Gasteiger partial charge in [-0.05, 0) is 423 Å². The van der Waals surface area contributed by atoms with Crippen LogP contribution in [-0.2, 0) is 19.3 Å². The summed E-state index contributed by atoms with van der Waals surface area (Å²) >= 11 is 0. The van der Waals surface area contributed by atoms with Gasteiger partial charge in [0, 0.05) is 36.0 Å². The molecule has 0 aliphatic heterocycles. The van der Waals surface area contributed by atoms with E-state index in [1.54, 1.807) is 0 Å².